The molecule has 0 unspecified atom stereocenters. The number of carbonyl (C=O) groups excluding carboxylic acids is 1. The Balaban J connectivity index is 1.55. The maximum atomic E-state index is 12.0. The van der Waals surface area contributed by atoms with Crippen LogP contribution in [0.3, 0.4) is 0 Å². The Morgan fingerprint density at radius 1 is 1.12 bits per heavy atom. The Kier molecular flexibility index (Phi) is 5.26. The number of thioether (sulfide) groups is 1. The van der Waals surface area contributed by atoms with Crippen LogP contribution in [0.15, 0.2) is 52.9 Å². The number of sulfonamides is 1. The lowest BCUT2D eigenvalue weighted by molar-refractivity contribution is -0.113. The van der Waals surface area contributed by atoms with Crippen molar-refractivity contribution < 1.29 is 13.2 Å². The van der Waals surface area contributed by atoms with Gasteiger partial charge in [-0.2, -0.15) is 0 Å². The fourth-order valence-electron chi connectivity index (χ4n) is 2.07. The number of hydrogen-bond acceptors (Lipinski definition) is 6. The number of para-hydroxylation sites is 1. The van der Waals surface area contributed by atoms with Crippen molar-refractivity contribution in [2.24, 2.45) is 0 Å². The van der Waals surface area contributed by atoms with Gasteiger partial charge in [0.1, 0.15) is 0 Å². The van der Waals surface area contributed by atoms with E-state index in [9.17, 15) is 13.2 Å². The molecular weight excluding hydrogens is 378 g/mol. The van der Waals surface area contributed by atoms with Gasteiger partial charge in [0.15, 0.2) is 4.34 Å². The van der Waals surface area contributed by atoms with Gasteiger partial charge in [0.05, 0.1) is 22.2 Å². The average Bonchev–Trinajstić information content (AvgIpc) is 2.96. The predicted octanol–water partition coefficient (Wildman–Crippen LogP) is 3.40. The third-order valence-corrected chi connectivity index (χ3v) is 5.86. The van der Waals surface area contributed by atoms with E-state index < -0.39 is 10.0 Å². The van der Waals surface area contributed by atoms with E-state index in [1.54, 1.807) is 35.6 Å². The van der Waals surface area contributed by atoms with Gasteiger partial charge in [-0.25, -0.2) is 13.4 Å². The topological polar surface area (TPSA) is 88.2 Å². The van der Waals surface area contributed by atoms with Gasteiger partial charge in [-0.15, -0.1) is 11.3 Å². The molecule has 0 radical (unpaired) electrons. The lowest BCUT2D eigenvalue weighted by atomic mass is 10.3. The summed E-state index contributed by atoms with van der Waals surface area (Å²) >= 11 is 2.95. The molecule has 0 fully saturated rings. The number of rotatable bonds is 6. The third-order valence-electron chi connectivity index (χ3n) is 3.07. The quantitative estimate of drug-likeness (QED) is 0.627. The maximum absolute atomic E-state index is 12.0. The van der Waals surface area contributed by atoms with Gasteiger partial charge < -0.3 is 5.32 Å². The number of thiazole rings is 1. The van der Waals surface area contributed by atoms with Crippen molar-refractivity contribution >= 4 is 60.6 Å². The van der Waals surface area contributed by atoms with Crippen LogP contribution in [0.5, 0.6) is 0 Å². The molecule has 0 spiro atoms. The number of fused-ring (bicyclic) bond motifs is 1. The highest BCUT2D eigenvalue weighted by atomic mass is 32.2. The predicted molar refractivity (Wildman–Crippen MR) is 104 cm³/mol. The van der Waals surface area contributed by atoms with E-state index in [4.69, 9.17) is 0 Å². The molecule has 1 aromatic heterocycles. The fourth-order valence-corrected chi connectivity index (χ4v) is 4.51. The first-order valence-corrected chi connectivity index (χ1v) is 10.9. The van der Waals surface area contributed by atoms with Crippen molar-refractivity contribution in [1.82, 2.24) is 4.98 Å². The molecule has 3 aromatic rings. The van der Waals surface area contributed by atoms with E-state index in [1.807, 2.05) is 24.3 Å². The van der Waals surface area contributed by atoms with Crippen molar-refractivity contribution in [3.05, 3.63) is 48.5 Å². The van der Waals surface area contributed by atoms with E-state index in [1.165, 1.54) is 11.8 Å². The van der Waals surface area contributed by atoms with Crippen molar-refractivity contribution in [2.75, 3.05) is 22.0 Å². The first-order chi connectivity index (χ1) is 11.9. The summed E-state index contributed by atoms with van der Waals surface area (Å²) in [7, 11) is -3.31. The molecule has 0 atom stereocenters. The standard InChI is InChI=1S/C16H15N3O3S3/c1-25(21,22)19-12-8-6-11(7-9-12)17-15(20)10-23-16-18-13-4-2-3-5-14(13)24-16/h2-9,19H,10H2,1H3,(H,17,20). The van der Waals surface area contributed by atoms with Crippen molar-refractivity contribution in [3.8, 4) is 0 Å². The molecule has 2 N–H and O–H groups in total. The van der Waals surface area contributed by atoms with Gasteiger partial charge in [-0.3, -0.25) is 9.52 Å². The summed E-state index contributed by atoms with van der Waals surface area (Å²) in [5.74, 6) is 0.108. The first kappa shape index (κ1) is 17.7. The number of nitrogens with one attached hydrogen (secondary N) is 2. The molecule has 9 heteroatoms. The minimum absolute atomic E-state index is 0.145. The summed E-state index contributed by atoms with van der Waals surface area (Å²) in [6.45, 7) is 0. The fraction of sp³-hybridized carbons (Fsp3) is 0.125. The lowest BCUT2D eigenvalue weighted by Crippen LogP contribution is -2.14. The van der Waals surface area contributed by atoms with Crippen molar-refractivity contribution in [3.63, 3.8) is 0 Å². The van der Waals surface area contributed by atoms with E-state index in [0.29, 0.717) is 11.4 Å². The monoisotopic (exact) mass is 393 g/mol. The maximum Gasteiger partial charge on any atom is 0.234 e. The normalized spacial score (nSPS) is 11.4. The van der Waals surface area contributed by atoms with Crippen molar-refractivity contribution in [2.45, 2.75) is 4.34 Å². The van der Waals surface area contributed by atoms with E-state index in [2.05, 4.69) is 15.0 Å². The van der Waals surface area contributed by atoms with E-state index >= 15 is 0 Å². The van der Waals surface area contributed by atoms with Crippen LogP contribution < -0.4 is 10.0 Å². The molecule has 25 heavy (non-hydrogen) atoms. The molecule has 6 nitrogen and oxygen atoms in total. The smallest absolute Gasteiger partial charge is 0.234 e. The molecule has 0 saturated heterocycles. The summed E-state index contributed by atoms with van der Waals surface area (Å²) in [6, 6.07) is 14.3. The number of aromatic nitrogens is 1. The number of nitrogens with zero attached hydrogens (tertiary/aromatic N) is 1. The molecular formula is C16H15N3O3S3. The largest absolute Gasteiger partial charge is 0.325 e. The minimum atomic E-state index is -3.31. The second-order valence-corrected chi connectivity index (χ2v) is 9.24. The number of hydrogen-bond donors (Lipinski definition) is 2. The van der Waals surface area contributed by atoms with Crippen LogP contribution in [-0.4, -0.2) is 31.3 Å². The zero-order valence-corrected chi connectivity index (χ0v) is 15.7. The highest BCUT2D eigenvalue weighted by molar-refractivity contribution is 8.01. The van der Waals surface area contributed by atoms with Crippen molar-refractivity contribution in [1.29, 1.82) is 0 Å². The van der Waals surface area contributed by atoms with Crippen LogP contribution in [0.1, 0.15) is 0 Å². The molecule has 2 aromatic carbocycles. The number of anilines is 2. The van der Waals surface area contributed by atoms with Gasteiger partial charge in [-0.1, -0.05) is 23.9 Å². The summed E-state index contributed by atoms with van der Waals surface area (Å²) in [5, 5.41) is 2.78. The molecule has 0 bridgehead atoms. The number of benzene rings is 2. The van der Waals surface area contributed by atoms with Crippen LogP contribution >= 0.6 is 23.1 Å². The van der Waals surface area contributed by atoms with Gasteiger partial charge >= 0.3 is 0 Å². The molecule has 0 aliphatic carbocycles. The molecule has 0 aliphatic heterocycles. The molecule has 1 heterocycles. The second-order valence-electron chi connectivity index (χ2n) is 5.24. The number of amides is 1. The summed E-state index contributed by atoms with van der Waals surface area (Å²) in [6.07, 6.45) is 1.09. The van der Waals surface area contributed by atoms with Crippen LogP contribution in [0.25, 0.3) is 10.2 Å². The first-order valence-electron chi connectivity index (χ1n) is 7.25. The molecule has 0 saturated carbocycles. The Bertz CT molecular complexity index is 965. The molecule has 3 rings (SSSR count). The van der Waals surface area contributed by atoms with Gasteiger partial charge in [0.2, 0.25) is 15.9 Å². The van der Waals surface area contributed by atoms with Gasteiger partial charge in [0.25, 0.3) is 0 Å². The van der Waals surface area contributed by atoms with Gasteiger partial charge in [-0.05, 0) is 36.4 Å². The second kappa shape index (κ2) is 7.42. The van der Waals surface area contributed by atoms with Crippen LogP contribution in [0, 0.1) is 0 Å². The Morgan fingerprint density at radius 3 is 2.48 bits per heavy atom. The average molecular weight is 394 g/mol. The zero-order valence-electron chi connectivity index (χ0n) is 13.2. The summed E-state index contributed by atoms with van der Waals surface area (Å²) < 4.78 is 26.6. The number of carbonyl (C=O) groups is 1. The molecule has 0 aliphatic rings. The Hall–Kier alpha value is -2.10. The third kappa shape index (κ3) is 5.18. The van der Waals surface area contributed by atoms with Crippen LogP contribution in [0.4, 0.5) is 11.4 Å². The zero-order chi connectivity index (χ0) is 17.9. The minimum Gasteiger partial charge on any atom is -0.325 e. The highest BCUT2D eigenvalue weighted by Crippen LogP contribution is 2.29. The van der Waals surface area contributed by atoms with Crippen LogP contribution in [0.2, 0.25) is 0 Å². The van der Waals surface area contributed by atoms with Crippen LogP contribution in [-0.2, 0) is 14.8 Å². The Morgan fingerprint density at radius 2 is 1.80 bits per heavy atom. The summed E-state index contributed by atoms with van der Waals surface area (Å²) in [4.78, 5) is 16.5. The van der Waals surface area contributed by atoms with E-state index in [0.717, 1.165) is 20.8 Å². The molecule has 1 amide bonds. The lowest BCUT2D eigenvalue weighted by Gasteiger charge is -2.07. The Labute approximate surface area is 153 Å². The van der Waals surface area contributed by atoms with E-state index in [-0.39, 0.29) is 11.7 Å². The summed E-state index contributed by atoms with van der Waals surface area (Å²) in [5.41, 5.74) is 1.99. The van der Waals surface area contributed by atoms with Gasteiger partial charge in [0, 0.05) is 11.4 Å². The molecule has 130 valence electrons. The highest BCUT2D eigenvalue weighted by Gasteiger charge is 2.08. The SMILES string of the molecule is CS(=O)(=O)Nc1ccc(NC(=O)CSc2nc3ccccc3s2)cc1.